The van der Waals surface area contributed by atoms with Crippen molar-refractivity contribution in [1.82, 2.24) is 0 Å². The van der Waals surface area contributed by atoms with Crippen LogP contribution in [0.15, 0.2) is 97.1 Å². The number of halogens is 4. The van der Waals surface area contributed by atoms with E-state index < -0.39 is 34.4 Å². The second-order valence-corrected chi connectivity index (χ2v) is 9.12. The molecule has 0 atom stereocenters. The van der Waals surface area contributed by atoms with E-state index in [1.54, 1.807) is 62.8 Å². The highest BCUT2D eigenvalue weighted by Gasteiger charge is 2.27. The third-order valence-electron chi connectivity index (χ3n) is 6.49. The molecule has 0 saturated heterocycles. The zero-order valence-electron chi connectivity index (χ0n) is 22.6. The Morgan fingerprint density at radius 3 is 0.857 bits per heavy atom. The minimum absolute atomic E-state index is 0.0199. The van der Waals surface area contributed by atoms with Gasteiger partial charge in [0.2, 0.25) is 0 Å². The summed E-state index contributed by atoms with van der Waals surface area (Å²) in [7, 11) is 3.14. The van der Waals surface area contributed by atoms with Crippen molar-refractivity contribution in [3.8, 4) is 57.4 Å². The second-order valence-electron chi connectivity index (χ2n) is 9.12. The molecule has 0 aromatic heterocycles. The summed E-state index contributed by atoms with van der Waals surface area (Å²) in [5.41, 5.74) is 0.993. The molecule has 6 heteroatoms. The summed E-state index contributed by atoms with van der Waals surface area (Å²) in [4.78, 5) is 0. The van der Waals surface area contributed by atoms with Gasteiger partial charge in [-0.1, -0.05) is 47.9 Å². The van der Waals surface area contributed by atoms with Crippen molar-refractivity contribution < 1.29 is 27.0 Å². The number of methoxy groups -OCH3 is 2. The van der Waals surface area contributed by atoms with Gasteiger partial charge in [0.15, 0.2) is 23.3 Å². The van der Waals surface area contributed by atoms with Gasteiger partial charge >= 0.3 is 0 Å². The predicted molar refractivity (Wildman–Crippen MR) is 155 cm³/mol. The number of rotatable bonds is 4. The zero-order chi connectivity index (χ0) is 29.6. The van der Waals surface area contributed by atoms with Crippen molar-refractivity contribution in [2.45, 2.75) is 0 Å². The third-order valence-corrected chi connectivity index (χ3v) is 6.49. The Morgan fingerprint density at radius 1 is 0.381 bits per heavy atom. The van der Waals surface area contributed by atoms with Crippen molar-refractivity contribution in [2.75, 3.05) is 14.2 Å². The maximum atomic E-state index is 15.2. The topological polar surface area (TPSA) is 18.5 Å². The molecular formula is C36H22F4O2. The highest BCUT2D eigenvalue weighted by atomic mass is 19.2. The average molecular weight is 563 g/mol. The molecule has 0 saturated carbocycles. The summed E-state index contributed by atoms with van der Waals surface area (Å²) in [5, 5.41) is 0. The lowest BCUT2D eigenvalue weighted by Crippen LogP contribution is -2.03. The molecule has 0 bridgehead atoms. The van der Waals surface area contributed by atoms with Crippen molar-refractivity contribution in [3.63, 3.8) is 0 Å². The first kappa shape index (κ1) is 28.1. The smallest absolute Gasteiger partial charge is 0.170 e. The molecule has 5 aromatic carbocycles. The van der Waals surface area contributed by atoms with Crippen LogP contribution in [0.1, 0.15) is 22.3 Å². The van der Waals surface area contributed by atoms with Crippen LogP contribution in [0.5, 0.6) is 11.5 Å². The van der Waals surface area contributed by atoms with E-state index in [0.29, 0.717) is 22.6 Å². The first-order chi connectivity index (χ1) is 20.4. The molecule has 0 unspecified atom stereocenters. The molecule has 0 aliphatic heterocycles. The van der Waals surface area contributed by atoms with Crippen LogP contribution >= 0.6 is 0 Å². The van der Waals surface area contributed by atoms with Crippen molar-refractivity contribution in [1.29, 1.82) is 0 Å². The minimum Gasteiger partial charge on any atom is -0.497 e. The fourth-order valence-corrected chi connectivity index (χ4v) is 4.22. The van der Waals surface area contributed by atoms with E-state index in [1.165, 1.54) is 48.5 Å². The van der Waals surface area contributed by atoms with Gasteiger partial charge in [-0.2, -0.15) is 0 Å². The molecule has 0 heterocycles. The molecule has 2 nitrogen and oxygen atoms in total. The largest absolute Gasteiger partial charge is 0.497 e. The molecule has 0 spiro atoms. The van der Waals surface area contributed by atoms with Crippen LogP contribution in [0.25, 0.3) is 22.3 Å². The molecule has 0 radical (unpaired) electrons. The van der Waals surface area contributed by atoms with Crippen LogP contribution in [-0.2, 0) is 0 Å². The second kappa shape index (κ2) is 12.4. The lowest BCUT2D eigenvalue weighted by atomic mass is 9.96. The maximum absolute atomic E-state index is 15.2. The van der Waals surface area contributed by atoms with Gasteiger partial charge in [-0.15, -0.1) is 0 Å². The van der Waals surface area contributed by atoms with Crippen LogP contribution in [0.4, 0.5) is 17.6 Å². The predicted octanol–water partition coefficient (Wildman–Crippen LogP) is 8.39. The van der Waals surface area contributed by atoms with E-state index in [1.807, 2.05) is 0 Å². The molecule has 0 fully saturated rings. The van der Waals surface area contributed by atoms with Gasteiger partial charge in [0.1, 0.15) is 11.5 Å². The van der Waals surface area contributed by atoms with Gasteiger partial charge in [0, 0.05) is 22.3 Å². The van der Waals surface area contributed by atoms with Crippen molar-refractivity contribution in [3.05, 3.63) is 143 Å². The third kappa shape index (κ3) is 5.99. The zero-order valence-corrected chi connectivity index (χ0v) is 22.6. The number of benzene rings is 5. The summed E-state index contributed by atoms with van der Waals surface area (Å²) in [5.74, 6) is 7.32. The molecule has 0 aliphatic rings. The van der Waals surface area contributed by atoms with E-state index in [-0.39, 0.29) is 11.1 Å². The van der Waals surface area contributed by atoms with Gasteiger partial charge in [-0.25, -0.2) is 17.6 Å². The van der Waals surface area contributed by atoms with Crippen molar-refractivity contribution in [2.24, 2.45) is 0 Å². The van der Waals surface area contributed by atoms with Crippen LogP contribution in [0.2, 0.25) is 0 Å². The highest BCUT2D eigenvalue weighted by molar-refractivity contribution is 5.74. The van der Waals surface area contributed by atoms with Gasteiger partial charge in [-0.05, 0) is 83.9 Å². The number of ether oxygens (including phenoxy) is 2. The Kier molecular flexibility index (Phi) is 8.27. The molecule has 42 heavy (non-hydrogen) atoms. The Balaban J connectivity index is 1.39. The van der Waals surface area contributed by atoms with Crippen LogP contribution in [0, 0.1) is 47.0 Å². The molecule has 0 aliphatic carbocycles. The summed E-state index contributed by atoms with van der Waals surface area (Å²) >= 11 is 0. The van der Waals surface area contributed by atoms with Crippen LogP contribution < -0.4 is 9.47 Å². The minimum atomic E-state index is -1.48. The quantitative estimate of drug-likeness (QED) is 0.124. The van der Waals surface area contributed by atoms with E-state index in [4.69, 9.17) is 9.47 Å². The van der Waals surface area contributed by atoms with Gasteiger partial charge in [0.05, 0.1) is 25.3 Å². The van der Waals surface area contributed by atoms with Gasteiger partial charge in [-0.3, -0.25) is 0 Å². The normalized spacial score (nSPS) is 10.2. The molecule has 5 rings (SSSR count). The Bertz CT molecular complexity index is 1690. The summed E-state index contributed by atoms with van der Waals surface area (Å²) in [6.45, 7) is 0. The van der Waals surface area contributed by atoms with E-state index in [9.17, 15) is 0 Å². The first-order valence-electron chi connectivity index (χ1n) is 12.8. The standard InChI is InChI=1S/C36H22F4O2/c1-41-29-19-11-25(12-20-29)5-3-23-7-15-27(16-8-23)31-33(37)35(39)32(36(40)34(31)38)28-17-9-24(10-18-28)4-6-26-13-21-30(42-2)22-14-26/h7-22H,1-2H3. The number of hydrogen-bond acceptors (Lipinski definition) is 2. The fraction of sp³-hybridized carbons (Fsp3) is 0.0556. The molecule has 206 valence electrons. The molecule has 5 aromatic rings. The maximum Gasteiger partial charge on any atom is 0.170 e. The fourth-order valence-electron chi connectivity index (χ4n) is 4.22. The summed E-state index contributed by atoms with van der Waals surface area (Å²) in [6.07, 6.45) is 0. The Hall–Kier alpha value is -5.46. The average Bonchev–Trinajstić information content (AvgIpc) is 3.03. The van der Waals surface area contributed by atoms with Crippen LogP contribution in [-0.4, -0.2) is 14.2 Å². The Labute approximate surface area is 241 Å². The highest BCUT2D eigenvalue weighted by Crippen LogP contribution is 2.37. The number of hydrogen-bond donors (Lipinski definition) is 0. The van der Waals surface area contributed by atoms with Gasteiger partial charge in [0.25, 0.3) is 0 Å². The lowest BCUT2D eigenvalue weighted by Gasteiger charge is -2.13. The first-order valence-corrected chi connectivity index (χ1v) is 12.8. The summed E-state index contributed by atoms with van der Waals surface area (Å²) in [6, 6.07) is 25.9. The lowest BCUT2D eigenvalue weighted by molar-refractivity contribution is 0.414. The van der Waals surface area contributed by atoms with E-state index >= 15 is 17.6 Å². The SMILES string of the molecule is COc1ccc(C#Cc2ccc(-c3c(F)c(F)c(-c4ccc(C#Cc5ccc(OC)cc5)cc4)c(F)c3F)cc2)cc1. The van der Waals surface area contributed by atoms with E-state index in [0.717, 1.165) is 11.1 Å². The summed E-state index contributed by atoms with van der Waals surface area (Å²) < 4.78 is 71.0. The van der Waals surface area contributed by atoms with Crippen molar-refractivity contribution >= 4 is 0 Å². The van der Waals surface area contributed by atoms with Crippen LogP contribution in [0.3, 0.4) is 0 Å². The van der Waals surface area contributed by atoms with Gasteiger partial charge < -0.3 is 9.47 Å². The monoisotopic (exact) mass is 562 g/mol. The van der Waals surface area contributed by atoms with E-state index in [2.05, 4.69) is 23.7 Å². The Morgan fingerprint density at radius 2 is 0.619 bits per heavy atom. The molecule has 0 amide bonds. The molecule has 0 N–H and O–H groups in total. The molecular weight excluding hydrogens is 540 g/mol.